The fourth-order valence-electron chi connectivity index (χ4n) is 2.70. The second kappa shape index (κ2) is 10.9. The van der Waals surface area contributed by atoms with Crippen molar-refractivity contribution in [3.05, 3.63) is 65.5 Å². The molecule has 0 unspecified atom stereocenters. The lowest BCUT2D eigenvalue weighted by Crippen LogP contribution is -2.40. The van der Waals surface area contributed by atoms with Gasteiger partial charge in [-0.25, -0.2) is 9.18 Å². The maximum atomic E-state index is 12.9. The zero-order chi connectivity index (χ0) is 22.1. The summed E-state index contributed by atoms with van der Waals surface area (Å²) in [6.45, 7) is 5.95. The molecule has 0 aliphatic carbocycles. The van der Waals surface area contributed by atoms with Gasteiger partial charge in [-0.1, -0.05) is 18.2 Å². The van der Waals surface area contributed by atoms with Crippen molar-refractivity contribution in [3.8, 4) is 0 Å². The third kappa shape index (κ3) is 7.20. The first-order valence-corrected chi connectivity index (χ1v) is 9.76. The summed E-state index contributed by atoms with van der Waals surface area (Å²) in [4.78, 5) is 38.3. The Morgan fingerprint density at radius 2 is 1.77 bits per heavy atom. The fraction of sp³-hybridized carbons (Fsp3) is 0.318. The van der Waals surface area contributed by atoms with Gasteiger partial charge in [0, 0.05) is 30.4 Å². The molecule has 0 saturated carbocycles. The summed E-state index contributed by atoms with van der Waals surface area (Å²) in [5, 5.41) is 8.12. The summed E-state index contributed by atoms with van der Waals surface area (Å²) in [6.07, 6.45) is 0. The number of urea groups is 1. The average molecular weight is 414 g/mol. The second-order valence-electron chi connectivity index (χ2n) is 7.06. The highest BCUT2D eigenvalue weighted by Gasteiger charge is 2.18. The molecular formula is C22H27FN4O3. The second-order valence-corrected chi connectivity index (χ2v) is 7.06. The predicted molar refractivity (Wildman–Crippen MR) is 114 cm³/mol. The van der Waals surface area contributed by atoms with E-state index in [1.165, 1.54) is 17.0 Å². The third-order valence-corrected chi connectivity index (χ3v) is 4.19. The lowest BCUT2D eigenvalue weighted by molar-refractivity contribution is -0.121. The zero-order valence-corrected chi connectivity index (χ0v) is 17.4. The number of likely N-dealkylation sites (N-methyl/N-ethyl adjacent to an activating group) is 1. The van der Waals surface area contributed by atoms with Crippen molar-refractivity contribution in [3.63, 3.8) is 0 Å². The molecule has 0 spiro atoms. The molecule has 2 rings (SSSR count). The fourth-order valence-corrected chi connectivity index (χ4v) is 2.70. The summed E-state index contributed by atoms with van der Waals surface area (Å²) in [6, 6.07) is 12.0. The SMILES string of the molecule is CCN(CC(=O)NCc1ccc(F)cc1)C(=O)c1cccc(NC(=O)NC(C)C)c1. The van der Waals surface area contributed by atoms with Crippen molar-refractivity contribution in [2.75, 3.05) is 18.4 Å². The topological polar surface area (TPSA) is 90.5 Å². The molecule has 0 fully saturated rings. The Morgan fingerprint density at radius 3 is 2.40 bits per heavy atom. The lowest BCUT2D eigenvalue weighted by Gasteiger charge is -2.21. The van der Waals surface area contributed by atoms with Gasteiger partial charge in [0.1, 0.15) is 5.82 Å². The van der Waals surface area contributed by atoms with Gasteiger partial charge in [-0.3, -0.25) is 9.59 Å². The summed E-state index contributed by atoms with van der Waals surface area (Å²) in [7, 11) is 0. The number of rotatable bonds is 8. The first-order valence-electron chi connectivity index (χ1n) is 9.76. The Hall–Kier alpha value is -3.42. The minimum Gasteiger partial charge on any atom is -0.350 e. The number of nitrogens with zero attached hydrogens (tertiary/aromatic N) is 1. The number of benzene rings is 2. The average Bonchev–Trinajstić information content (AvgIpc) is 2.70. The first kappa shape index (κ1) is 22.9. The van der Waals surface area contributed by atoms with Gasteiger partial charge < -0.3 is 20.9 Å². The van der Waals surface area contributed by atoms with Gasteiger partial charge >= 0.3 is 6.03 Å². The molecule has 7 nitrogen and oxygen atoms in total. The van der Waals surface area contributed by atoms with Crippen LogP contribution < -0.4 is 16.0 Å². The number of hydrogen-bond acceptors (Lipinski definition) is 3. The van der Waals surface area contributed by atoms with E-state index in [2.05, 4.69) is 16.0 Å². The van der Waals surface area contributed by atoms with E-state index >= 15 is 0 Å². The van der Waals surface area contributed by atoms with Crippen LogP contribution in [-0.2, 0) is 11.3 Å². The normalized spacial score (nSPS) is 10.4. The Labute approximate surface area is 175 Å². The molecule has 0 aliphatic rings. The molecule has 2 aromatic carbocycles. The van der Waals surface area contributed by atoms with Crippen molar-refractivity contribution in [2.24, 2.45) is 0 Å². The smallest absolute Gasteiger partial charge is 0.319 e. The van der Waals surface area contributed by atoms with Crippen LogP contribution in [0.25, 0.3) is 0 Å². The molecule has 0 aromatic heterocycles. The van der Waals surface area contributed by atoms with E-state index in [0.29, 0.717) is 17.8 Å². The molecule has 8 heteroatoms. The molecule has 160 valence electrons. The van der Waals surface area contributed by atoms with Gasteiger partial charge in [0.05, 0.1) is 6.54 Å². The number of amides is 4. The van der Waals surface area contributed by atoms with E-state index in [4.69, 9.17) is 0 Å². The Morgan fingerprint density at radius 1 is 1.07 bits per heavy atom. The van der Waals surface area contributed by atoms with Gasteiger partial charge in [-0.05, 0) is 56.7 Å². The van der Waals surface area contributed by atoms with Crippen molar-refractivity contribution in [2.45, 2.75) is 33.4 Å². The third-order valence-electron chi connectivity index (χ3n) is 4.19. The van der Waals surface area contributed by atoms with Gasteiger partial charge in [-0.15, -0.1) is 0 Å². The summed E-state index contributed by atoms with van der Waals surface area (Å²) >= 11 is 0. The van der Waals surface area contributed by atoms with Crippen molar-refractivity contribution in [1.29, 1.82) is 0 Å². The van der Waals surface area contributed by atoms with Crippen LogP contribution in [0.4, 0.5) is 14.9 Å². The van der Waals surface area contributed by atoms with Crippen LogP contribution in [0.15, 0.2) is 48.5 Å². The largest absolute Gasteiger partial charge is 0.350 e. The van der Waals surface area contributed by atoms with Crippen molar-refractivity contribution in [1.82, 2.24) is 15.5 Å². The van der Waals surface area contributed by atoms with Crippen LogP contribution in [-0.4, -0.2) is 41.9 Å². The lowest BCUT2D eigenvalue weighted by atomic mass is 10.1. The van der Waals surface area contributed by atoms with Crippen molar-refractivity contribution >= 4 is 23.5 Å². The van der Waals surface area contributed by atoms with Crippen LogP contribution in [0.5, 0.6) is 0 Å². The maximum Gasteiger partial charge on any atom is 0.319 e. The highest BCUT2D eigenvalue weighted by Crippen LogP contribution is 2.13. The van der Waals surface area contributed by atoms with Gasteiger partial charge in [-0.2, -0.15) is 0 Å². The van der Waals surface area contributed by atoms with E-state index in [-0.39, 0.29) is 42.8 Å². The first-order chi connectivity index (χ1) is 14.3. The number of carbonyl (C=O) groups excluding carboxylic acids is 3. The molecule has 2 aromatic rings. The molecule has 0 aliphatic heterocycles. The van der Waals surface area contributed by atoms with Crippen molar-refractivity contribution < 1.29 is 18.8 Å². The van der Waals surface area contributed by atoms with Crippen LogP contribution in [0.3, 0.4) is 0 Å². The predicted octanol–water partition coefficient (Wildman–Crippen LogP) is 3.13. The van der Waals surface area contributed by atoms with E-state index in [9.17, 15) is 18.8 Å². The van der Waals surface area contributed by atoms with Crippen LogP contribution >= 0.6 is 0 Å². The summed E-state index contributed by atoms with van der Waals surface area (Å²) in [5.41, 5.74) is 1.61. The van der Waals surface area contributed by atoms with Crippen LogP contribution in [0.1, 0.15) is 36.7 Å². The highest BCUT2D eigenvalue weighted by atomic mass is 19.1. The van der Waals surface area contributed by atoms with Gasteiger partial charge in [0.15, 0.2) is 0 Å². The zero-order valence-electron chi connectivity index (χ0n) is 17.4. The molecule has 0 heterocycles. The minimum absolute atomic E-state index is 0.0150. The van der Waals surface area contributed by atoms with Gasteiger partial charge in [0.25, 0.3) is 5.91 Å². The molecule has 0 atom stereocenters. The maximum absolute atomic E-state index is 12.9. The van der Waals surface area contributed by atoms with Gasteiger partial charge in [0.2, 0.25) is 5.91 Å². The van der Waals surface area contributed by atoms with E-state index in [0.717, 1.165) is 5.56 Å². The number of halogens is 1. The Kier molecular flexibility index (Phi) is 8.34. The highest BCUT2D eigenvalue weighted by molar-refractivity contribution is 5.98. The minimum atomic E-state index is -0.359. The molecule has 3 N–H and O–H groups in total. The molecule has 4 amide bonds. The molecule has 30 heavy (non-hydrogen) atoms. The van der Waals surface area contributed by atoms with Crippen LogP contribution in [0, 0.1) is 5.82 Å². The quantitative estimate of drug-likeness (QED) is 0.620. The van der Waals surface area contributed by atoms with E-state index in [1.807, 2.05) is 13.8 Å². The van der Waals surface area contributed by atoms with E-state index < -0.39 is 0 Å². The molecule has 0 saturated heterocycles. The number of carbonyl (C=O) groups is 3. The monoisotopic (exact) mass is 414 g/mol. The summed E-state index contributed by atoms with van der Waals surface area (Å²) < 4.78 is 12.9. The molecule has 0 radical (unpaired) electrons. The van der Waals surface area contributed by atoms with E-state index in [1.54, 1.807) is 43.3 Å². The Bertz CT molecular complexity index is 884. The molecule has 0 bridgehead atoms. The number of nitrogens with one attached hydrogen (secondary N) is 3. The standard InChI is InChI=1S/C22H27FN4O3/c1-4-27(14-20(28)24-13-16-8-10-18(23)11-9-16)21(29)17-6-5-7-19(12-17)26-22(30)25-15(2)3/h5-12,15H,4,13-14H2,1-3H3,(H,24,28)(H2,25,26,30). The molecular weight excluding hydrogens is 387 g/mol. The summed E-state index contributed by atoms with van der Waals surface area (Å²) in [5.74, 6) is -0.978. The number of hydrogen-bond donors (Lipinski definition) is 3. The number of anilines is 1. The Balaban J connectivity index is 1.96. The van der Waals surface area contributed by atoms with Crippen LogP contribution in [0.2, 0.25) is 0 Å².